The molecule has 1 aromatic carbocycles. The average Bonchev–Trinajstić information content (AvgIpc) is 3.37. The van der Waals surface area contributed by atoms with Crippen molar-refractivity contribution in [3.63, 3.8) is 0 Å². The van der Waals surface area contributed by atoms with Crippen LogP contribution < -0.4 is 14.8 Å². The molecule has 0 radical (unpaired) electrons. The zero-order chi connectivity index (χ0) is 25.5. The highest BCUT2D eigenvalue weighted by atomic mass is 19.1. The first-order valence-corrected chi connectivity index (χ1v) is 9.80. The summed E-state index contributed by atoms with van der Waals surface area (Å²) in [7, 11) is -0.00412. The molecule has 1 aliphatic carbocycles. The van der Waals surface area contributed by atoms with Gasteiger partial charge in [0.05, 0.1) is 30.1 Å². The van der Waals surface area contributed by atoms with E-state index >= 15 is 8.78 Å². The lowest BCUT2D eigenvalue weighted by atomic mass is 9.81. The monoisotopic (exact) mass is 446 g/mol. The minimum absolute atomic E-state index is 0.211. The van der Waals surface area contributed by atoms with E-state index in [1.165, 1.54) is 13.3 Å². The SMILES string of the molecule is [2H]C([2H])([2H])Oc1cc(OC)c(F)c(C2CCc3c(-c4c(NC(=O)C=C)cnn4C)n[nH]c3C2)c1F. The van der Waals surface area contributed by atoms with Crippen LogP contribution in [0.15, 0.2) is 24.9 Å². The minimum Gasteiger partial charge on any atom is -0.494 e. The van der Waals surface area contributed by atoms with Crippen LogP contribution in [0.5, 0.6) is 11.5 Å². The molecule has 0 saturated carbocycles. The largest absolute Gasteiger partial charge is 0.494 e. The predicted molar refractivity (Wildman–Crippen MR) is 114 cm³/mol. The molecule has 2 N–H and O–H groups in total. The molecule has 3 aromatic rings. The van der Waals surface area contributed by atoms with Crippen molar-refractivity contribution in [2.45, 2.75) is 25.2 Å². The highest BCUT2D eigenvalue weighted by molar-refractivity contribution is 6.01. The first-order valence-electron chi connectivity index (χ1n) is 11.3. The van der Waals surface area contributed by atoms with E-state index in [4.69, 9.17) is 13.6 Å². The van der Waals surface area contributed by atoms with E-state index in [-0.39, 0.29) is 17.7 Å². The third kappa shape index (κ3) is 3.51. The van der Waals surface area contributed by atoms with E-state index in [2.05, 4.69) is 27.2 Å². The third-order valence-corrected chi connectivity index (χ3v) is 5.66. The van der Waals surface area contributed by atoms with Crippen LogP contribution in [0.3, 0.4) is 0 Å². The zero-order valence-corrected chi connectivity index (χ0v) is 17.5. The number of aromatic amines is 1. The first-order chi connectivity index (χ1) is 16.5. The number of ether oxygens (including phenoxy) is 2. The van der Waals surface area contributed by atoms with Gasteiger partial charge < -0.3 is 14.8 Å². The summed E-state index contributed by atoms with van der Waals surface area (Å²) in [6, 6.07) is 0.893. The number of rotatable bonds is 6. The van der Waals surface area contributed by atoms with Crippen molar-refractivity contribution in [2.24, 2.45) is 7.05 Å². The molecule has 0 bridgehead atoms. The van der Waals surface area contributed by atoms with Gasteiger partial charge in [-0.15, -0.1) is 0 Å². The summed E-state index contributed by atoms with van der Waals surface area (Å²) in [6.07, 6.45) is 3.61. The van der Waals surface area contributed by atoms with E-state index in [0.717, 1.165) is 17.7 Å². The number of anilines is 1. The fourth-order valence-corrected chi connectivity index (χ4v) is 4.13. The van der Waals surface area contributed by atoms with Gasteiger partial charge in [-0.05, 0) is 31.3 Å². The Morgan fingerprint density at radius 1 is 1.41 bits per heavy atom. The molecular formula is C22H23F2N5O3. The number of halogens is 2. The van der Waals surface area contributed by atoms with Crippen molar-refractivity contribution in [1.29, 1.82) is 0 Å². The molecule has 4 rings (SSSR count). The molecule has 168 valence electrons. The second-order valence-electron chi connectivity index (χ2n) is 7.41. The normalized spacial score (nSPS) is 17.0. The van der Waals surface area contributed by atoms with E-state index in [1.807, 2.05) is 0 Å². The van der Waals surface area contributed by atoms with E-state index in [9.17, 15) is 4.79 Å². The quantitative estimate of drug-likeness (QED) is 0.566. The molecule has 0 aliphatic heterocycles. The average molecular weight is 446 g/mol. The Labute approximate surface area is 187 Å². The van der Waals surface area contributed by atoms with Crippen LogP contribution in [-0.2, 0) is 24.7 Å². The topological polar surface area (TPSA) is 94.1 Å². The number of amides is 1. The van der Waals surface area contributed by atoms with Crippen molar-refractivity contribution in [3.8, 4) is 22.9 Å². The van der Waals surface area contributed by atoms with Crippen molar-refractivity contribution >= 4 is 11.6 Å². The van der Waals surface area contributed by atoms with Crippen molar-refractivity contribution in [1.82, 2.24) is 20.0 Å². The third-order valence-electron chi connectivity index (χ3n) is 5.66. The molecule has 1 aliphatic rings. The van der Waals surface area contributed by atoms with Crippen LogP contribution in [0.1, 0.15) is 33.3 Å². The van der Waals surface area contributed by atoms with Gasteiger partial charge in [0.1, 0.15) is 11.4 Å². The van der Waals surface area contributed by atoms with Crippen LogP contribution in [0.25, 0.3) is 11.4 Å². The Morgan fingerprint density at radius 3 is 2.84 bits per heavy atom. The molecule has 10 heteroatoms. The molecule has 32 heavy (non-hydrogen) atoms. The summed E-state index contributed by atoms with van der Waals surface area (Å²) in [5, 5.41) is 14.2. The van der Waals surface area contributed by atoms with E-state index in [0.29, 0.717) is 35.6 Å². The van der Waals surface area contributed by atoms with Gasteiger partial charge in [0.15, 0.2) is 23.1 Å². The number of carbonyl (C=O) groups excluding carboxylic acids is 1. The summed E-state index contributed by atoms with van der Waals surface area (Å²) >= 11 is 0. The lowest BCUT2D eigenvalue weighted by Crippen LogP contribution is -2.16. The van der Waals surface area contributed by atoms with Gasteiger partial charge in [-0.2, -0.15) is 10.2 Å². The summed E-state index contributed by atoms with van der Waals surface area (Å²) in [6.45, 7) is 3.44. The van der Waals surface area contributed by atoms with Gasteiger partial charge in [0, 0.05) is 29.9 Å². The van der Waals surface area contributed by atoms with Gasteiger partial charge in [-0.3, -0.25) is 14.6 Å². The number of aryl methyl sites for hydroxylation is 1. The molecule has 2 heterocycles. The Morgan fingerprint density at radius 2 is 2.16 bits per heavy atom. The highest BCUT2D eigenvalue weighted by Crippen LogP contribution is 2.42. The maximum absolute atomic E-state index is 15.3. The van der Waals surface area contributed by atoms with Gasteiger partial charge in [0.2, 0.25) is 5.91 Å². The van der Waals surface area contributed by atoms with E-state index in [1.54, 1.807) is 11.7 Å². The molecule has 1 unspecified atom stereocenters. The van der Waals surface area contributed by atoms with Crippen LogP contribution in [0, 0.1) is 11.6 Å². The Hall–Kier alpha value is -3.69. The maximum Gasteiger partial charge on any atom is 0.247 e. The minimum atomic E-state index is -2.92. The number of nitrogens with one attached hydrogen (secondary N) is 2. The lowest BCUT2D eigenvalue weighted by molar-refractivity contribution is -0.111. The number of H-pyrrole nitrogens is 1. The second-order valence-corrected chi connectivity index (χ2v) is 7.41. The standard InChI is InChI=1S/C22H23F2N5O3/c1-5-17(30)26-14-10-25-29(2)22(14)21-12-7-6-11(8-13(12)27-28-21)18-19(23)15(31-3)9-16(32-4)20(18)24/h5,9-11H,1,6-8H2,2-4H3,(H,26,30)(H,27,28)/i3D3. The smallest absolute Gasteiger partial charge is 0.247 e. The number of benzene rings is 1. The number of hydrogen-bond acceptors (Lipinski definition) is 5. The molecule has 8 nitrogen and oxygen atoms in total. The van der Waals surface area contributed by atoms with Crippen molar-refractivity contribution in [3.05, 3.63) is 53.4 Å². The number of aromatic nitrogens is 4. The highest BCUT2D eigenvalue weighted by Gasteiger charge is 2.32. The molecule has 0 spiro atoms. The van der Waals surface area contributed by atoms with Gasteiger partial charge >= 0.3 is 0 Å². The molecule has 0 saturated heterocycles. The van der Waals surface area contributed by atoms with Crippen LogP contribution >= 0.6 is 0 Å². The van der Waals surface area contributed by atoms with Crippen LogP contribution in [-0.4, -0.2) is 40.0 Å². The van der Waals surface area contributed by atoms with Gasteiger partial charge in [-0.1, -0.05) is 6.58 Å². The van der Waals surface area contributed by atoms with Crippen LogP contribution in [0.4, 0.5) is 14.5 Å². The summed E-state index contributed by atoms with van der Waals surface area (Å²) < 4.78 is 63.6. The molecule has 0 fully saturated rings. The van der Waals surface area contributed by atoms with Crippen molar-refractivity contribution < 1.29 is 27.2 Å². The summed E-state index contributed by atoms with van der Waals surface area (Å²) in [5.74, 6) is -3.93. The number of carbonyl (C=O) groups is 1. The number of hydrogen-bond donors (Lipinski definition) is 2. The molecule has 2 aromatic heterocycles. The fraction of sp³-hybridized carbons (Fsp3) is 0.318. The van der Waals surface area contributed by atoms with Crippen molar-refractivity contribution in [2.75, 3.05) is 19.5 Å². The Bertz CT molecular complexity index is 1300. The maximum atomic E-state index is 15.3. The number of nitrogens with zero attached hydrogens (tertiary/aromatic N) is 3. The predicted octanol–water partition coefficient (Wildman–Crippen LogP) is 3.50. The lowest BCUT2D eigenvalue weighted by Gasteiger charge is -2.25. The Kier molecular flexibility index (Phi) is 4.73. The number of fused-ring (bicyclic) bond motifs is 1. The molecule has 1 atom stereocenters. The zero-order valence-electron chi connectivity index (χ0n) is 20.5. The van der Waals surface area contributed by atoms with Gasteiger partial charge in [-0.25, -0.2) is 8.78 Å². The van der Waals surface area contributed by atoms with Gasteiger partial charge in [0.25, 0.3) is 0 Å². The molecular weight excluding hydrogens is 420 g/mol. The summed E-state index contributed by atoms with van der Waals surface area (Å²) in [4.78, 5) is 11.8. The summed E-state index contributed by atoms with van der Waals surface area (Å²) in [5.41, 5.74) is 2.79. The number of methoxy groups -OCH3 is 2. The fourth-order valence-electron chi connectivity index (χ4n) is 4.13. The Balaban J connectivity index is 1.71. The van der Waals surface area contributed by atoms with Crippen LogP contribution in [0.2, 0.25) is 0 Å². The van der Waals surface area contributed by atoms with E-state index < -0.39 is 36.2 Å². The molecule has 1 amide bonds. The first kappa shape index (κ1) is 17.9. The second kappa shape index (κ2) is 8.45.